The highest BCUT2D eigenvalue weighted by atomic mass is 28.4. The van der Waals surface area contributed by atoms with E-state index in [2.05, 4.69) is 54.6 Å². The van der Waals surface area contributed by atoms with E-state index < -0.39 is 24.7 Å². The van der Waals surface area contributed by atoms with E-state index in [1.807, 2.05) is 23.9 Å². The number of carbonyl (C=O) groups is 2. The first-order valence-electron chi connectivity index (χ1n) is 7.64. The lowest BCUT2D eigenvalue weighted by atomic mass is 10.3. The van der Waals surface area contributed by atoms with E-state index in [1.165, 1.54) is 0 Å². The predicted molar refractivity (Wildman–Crippen MR) is 98.0 cm³/mol. The summed E-state index contributed by atoms with van der Waals surface area (Å²) in [6.07, 6.45) is 0. The first-order valence-corrected chi connectivity index (χ1v) is 18.0. The molecule has 0 radical (unpaired) electrons. The van der Waals surface area contributed by atoms with Gasteiger partial charge in [0.1, 0.15) is 24.7 Å². The molecule has 0 unspecified atom stereocenters. The van der Waals surface area contributed by atoms with Gasteiger partial charge in [0.25, 0.3) is 11.8 Å². The third-order valence-electron chi connectivity index (χ3n) is 2.94. The van der Waals surface area contributed by atoms with Gasteiger partial charge in [-0.15, -0.1) is 0 Å². The molecule has 1 N–H and O–H groups in total. The maximum atomic E-state index is 13.1. The molecular formula is C13H28N4O3Si3. The largest absolute Gasteiger partial charge is 0.391 e. The molecule has 1 rings (SSSR count). The fourth-order valence-electron chi connectivity index (χ4n) is 2.60. The Balaban J connectivity index is 3.25. The van der Waals surface area contributed by atoms with E-state index in [-0.39, 0.29) is 23.2 Å². The van der Waals surface area contributed by atoms with Gasteiger partial charge < -0.3 is 9.21 Å². The Morgan fingerprint density at radius 1 is 0.870 bits per heavy atom. The van der Waals surface area contributed by atoms with Crippen LogP contribution >= 0.6 is 0 Å². The number of nitrogens with one attached hydrogen (secondary N) is 1. The Bertz CT molecular complexity index is 583. The monoisotopic (exact) mass is 372 g/mol. The van der Waals surface area contributed by atoms with Crippen molar-refractivity contribution in [2.24, 2.45) is 0 Å². The average molecular weight is 373 g/mol. The van der Waals surface area contributed by atoms with Gasteiger partial charge in [0.05, 0.1) is 0 Å². The van der Waals surface area contributed by atoms with E-state index in [9.17, 15) is 9.59 Å². The van der Waals surface area contributed by atoms with Crippen molar-refractivity contribution >= 4 is 36.5 Å². The van der Waals surface area contributed by atoms with Crippen molar-refractivity contribution in [1.82, 2.24) is 19.5 Å². The second-order valence-corrected chi connectivity index (χ2v) is 23.4. The zero-order chi connectivity index (χ0) is 18.2. The molecule has 23 heavy (non-hydrogen) atoms. The number of hydrogen-bond donors (Lipinski definition) is 1. The molecule has 0 fully saturated rings. The molecule has 0 saturated heterocycles. The third-order valence-corrected chi connectivity index (χ3v) is 11.0. The number of nitrogens with zero attached hydrogens (tertiary/aromatic N) is 3. The predicted octanol–water partition coefficient (Wildman–Crippen LogP) is 2.75. The van der Waals surface area contributed by atoms with Gasteiger partial charge in [-0.3, -0.25) is 9.59 Å². The number of carbonyl (C=O) groups excluding carboxylic acids is 2. The van der Waals surface area contributed by atoms with E-state index in [4.69, 9.17) is 4.63 Å². The zero-order valence-electron chi connectivity index (χ0n) is 15.6. The minimum Gasteiger partial charge on any atom is -0.391 e. The van der Waals surface area contributed by atoms with E-state index >= 15 is 0 Å². The first kappa shape index (κ1) is 19.8. The average Bonchev–Trinajstić information content (AvgIpc) is 2.70. The highest BCUT2D eigenvalue weighted by Crippen LogP contribution is 2.23. The fourth-order valence-corrected chi connectivity index (χ4v) is 12.9. The van der Waals surface area contributed by atoms with Crippen LogP contribution in [0.1, 0.15) is 21.0 Å². The molecule has 0 saturated carbocycles. The van der Waals surface area contributed by atoms with Gasteiger partial charge in [-0.2, -0.15) is 0 Å². The maximum absolute atomic E-state index is 13.1. The second-order valence-electron chi connectivity index (χ2n) is 8.65. The summed E-state index contributed by atoms with van der Waals surface area (Å²) in [5, 5.41) is 7.41. The number of hydrogen-bond acceptors (Lipinski definition) is 5. The number of rotatable bonds is 5. The molecule has 1 aromatic heterocycles. The van der Waals surface area contributed by atoms with E-state index in [1.54, 1.807) is 0 Å². The summed E-state index contributed by atoms with van der Waals surface area (Å²) in [7, 11) is -5.72. The Morgan fingerprint density at radius 2 is 1.30 bits per heavy atom. The van der Waals surface area contributed by atoms with Crippen LogP contribution in [0.2, 0.25) is 58.9 Å². The summed E-state index contributed by atoms with van der Waals surface area (Å²) in [5.74, 6) is -0.634. The van der Waals surface area contributed by atoms with Crippen molar-refractivity contribution in [3.05, 3.63) is 11.4 Å². The summed E-state index contributed by atoms with van der Waals surface area (Å²) in [6.45, 7) is 18.6. The molecule has 0 aliphatic heterocycles. The lowest BCUT2D eigenvalue weighted by Gasteiger charge is -2.43. The smallest absolute Gasteiger partial charge is 0.268 e. The van der Waals surface area contributed by atoms with Crippen LogP contribution < -0.4 is 4.98 Å². The molecule has 0 atom stereocenters. The fraction of sp³-hybridized carbons (Fsp3) is 0.692. The first-order chi connectivity index (χ1) is 10.1. The van der Waals surface area contributed by atoms with Gasteiger partial charge in [-0.25, -0.2) is 4.63 Å². The molecule has 130 valence electrons. The molecule has 2 amide bonds. The maximum Gasteiger partial charge on any atom is 0.268 e. The molecule has 0 aromatic carbocycles. The lowest BCUT2D eigenvalue weighted by molar-refractivity contribution is 0.0886. The molecule has 1 heterocycles. The van der Waals surface area contributed by atoms with Crippen molar-refractivity contribution in [3.8, 4) is 0 Å². The van der Waals surface area contributed by atoms with Gasteiger partial charge in [0.15, 0.2) is 0 Å². The van der Waals surface area contributed by atoms with Gasteiger partial charge in [-0.05, 0) is 10.3 Å². The van der Waals surface area contributed by atoms with Crippen LogP contribution in [0.3, 0.4) is 0 Å². The summed E-state index contributed by atoms with van der Waals surface area (Å²) < 4.78 is 6.68. The number of aromatic nitrogens is 2. The van der Waals surface area contributed by atoms with Crippen LogP contribution in [-0.2, 0) is 0 Å². The van der Waals surface area contributed by atoms with Gasteiger partial charge >= 0.3 is 0 Å². The van der Waals surface area contributed by atoms with Crippen molar-refractivity contribution in [1.29, 1.82) is 0 Å². The van der Waals surface area contributed by atoms with Gasteiger partial charge in [0.2, 0.25) is 11.4 Å². The van der Waals surface area contributed by atoms with Crippen LogP contribution in [0.15, 0.2) is 4.63 Å². The summed E-state index contributed by atoms with van der Waals surface area (Å²) in [6, 6.07) is 0. The molecule has 1 aromatic rings. The Kier molecular flexibility index (Phi) is 5.44. The minimum atomic E-state index is -1.93. The van der Waals surface area contributed by atoms with Gasteiger partial charge in [0, 0.05) is 0 Å². The molecule has 0 bridgehead atoms. The van der Waals surface area contributed by atoms with Gasteiger partial charge in [-0.1, -0.05) is 58.9 Å². The van der Waals surface area contributed by atoms with Crippen molar-refractivity contribution < 1.29 is 14.2 Å². The van der Waals surface area contributed by atoms with Crippen molar-refractivity contribution in [2.45, 2.75) is 58.9 Å². The Labute approximate surface area is 141 Å². The van der Waals surface area contributed by atoms with Crippen LogP contribution in [0.25, 0.3) is 0 Å². The summed E-state index contributed by atoms with van der Waals surface area (Å²) >= 11 is 0. The van der Waals surface area contributed by atoms with Crippen LogP contribution in [-0.4, -0.2) is 51.1 Å². The van der Waals surface area contributed by atoms with Crippen molar-refractivity contribution in [2.75, 3.05) is 0 Å². The zero-order valence-corrected chi connectivity index (χ0v) is 18.6. The highest BCUT2D eigenvalue weighted by Gasteiger charge is 2.41. The Morgan fingerprint density at radius 3 is 1.70 bits per heavy atom. The normalized spacial score (nSPS) is 12.9. The van der Waals surface area contributed by atoms with E-state index in [0.717, 1.165) is 0 Å². The summed E-state index contributed by atoms with van der Waals surface area (Å²) in [4.78, 5) is 28.4. The van der Waals surface area contributed by atoms with Crippen LogP contribution in [0, 0.1) is 0 Å². The molecular weight excluding hydrogens is 344 g/mol. The van der Waals surface area contributed by atoms with Crippen LogP contribution in [0.5, 0.6) is 0 Å². The summed E-state index contributed by atoms with van der Waals surface area (Å²) in [5.41, 5.74) is 0.00419. The van der Waals surface area contributed by atoms with Crippen LogP contribution in [0.4, 0.5) is 0 Å². The second kappa shape index (κ2) is 6.32. The van der Waals surface area contributed by atoms with Crippen molar-refractivity contribution in [3.63, 3.8) is 0 Å². The quantitative estimate of drug-likeness (QED) is 0.803. The minimum absolute atomic E-state index is 0.0149. The SMILES string of the molecule is C[Si](C)(C)NC(=O)c1nonc1C(=O)N([Si](C)(C)C)[Si](C)(C)C. The third kappa shape index (κ3) is 5.11. The topological polar surface area (TPSA) is 88.3 Å². The molecule has 7 nitrogen and oxygen atoms in total. The molecule has 0 aliphatic rings. The molecule has 0 aliphatic carbocycles. The van der Waals surface area contributed by atoms with E-state index in [0.29, 0.717) is 0 Å². The molecule has 0 spiro atoms. The lowest BCUT2D eigenvalue weighted by Crippen LogP contribution is -2.62. The molecule has 10 heteroatoms. The highest BCUT2D eigenvalue weighted by molar-refractivity contribution is 6.92. The Hall–Kier alpha value is -1.27. The standard InChI is InChI=1S/C13H28N4O3Si3/c1-21(2,3)16-12(18)10-11(15-20-14-10)13(19)17(22(4,5)6)23(7,8)9/h1-9H3,(H,16,18). The number of amides is 2.